The van der Waals surface area contributed by atoms with E-state index in [-0.39, 0.29) is 12.3 Å². The molecule has 0 saturated carbocycles. The molecule has 2 aliphatic heterocycles. The van der Waals surface area contributed by atoms with Crippen LogP contribution in [0, 0.1) is 6.92 Å². The summed E-state index contributed by atoms with van der Waals surface area (Å²) >= 11 is 6.29. The van der Waals surface area contributed by atoms with Gasteiger partial charge in [0.1, 0.15) is 23.0 Å². The quantitative estimate of drug-likeness (QED) is 0.491. The summed E-state index contributed by atoms with van der Waals surface area (Å²) in [5.74, 6) is 3.05. The standard InChI is InChI=1S/C24H23ClN2O2/c1-14(2)16-5-7-17(8-6-16)24-27-21(19-12-18(25)9-11-22(19)29-24)13-20(26-27)23-10-4-15(3)28-23/h4-12,14,21,24H,13H2,1-3H3. The highest BCUT2D eigenvalue weighted by Gasteiger charge is 2.41. The van der Waals surface area contributed by atoms with Crippen molar-refractivity contribution in [1.29, 1.82) is 0 Å². The third-order valence-corrected chi connectivity index (χ3v) is 5.90. The fourth-order valence-corrected chi connectivity index (χ4v) is 4.24. The van der Waals surface area contributed by atoms with Gasteiger partial charge in [0, 0.05) is 22.6 Å². The van der Waals surface area contributed by atoms with Crippen LogP contribution in [0.2, 0.25) is 5.02 Å². The lowest BCUT2D eigenvalue weighted by atomic mass is 9.96. The Bertz CT molecular complexity index is 1080. The number of hydrogen-bond acceptors (Lipinski definition) is 4. The number of halogens is 1. The lowest BCUT2D eigenvalue weighted by Gasteiger charge is -2.38. The van der Waals surface area contributed by atoms with Crippen LogP contribution in [-0.4, -0.2) is 10.7 Å². The van der Waals surface area contributed by atoms with E-state index in [1.54, 1.807) is 0 Å². The topological polar surface area (TPSA) is 38.0 Å². The average Bonchev–Trinajstić information content (AvgIpc) is 3.34. The first-order valence-corrected chi connectivity index (χ1v) is 10.4. The second kappa shape index (κ2) is 6.96. The summed E-state index contributed by atoms with van der Waals surface area (Å²) in [6, 6.07) is 18.5. The number of hydrazone groups is 1. The molecule has 0 fully saturated rings. The zero-order chi connectivity index (χ0) is 20.1. The first-order chi connectivity index (χ1) is 14.0. The van der Waals surface area contributed by atoms with E-state index in [1.165, 1.54) is 5.56 Å². The lowest BCUT2D eigenvalue weighted by molar-refractivity contribution is -0.0190. The molecule has 5 heteroatoms. The molecule has 2 unspecified atom stereocenters. The van der Waals surface area contributed by atoms with Crippen molar-refractivity contribution in [3.63, 3.8) is 0 Å². The first-order valence-electron chi connectivity index (χ1n) is 9.98. The first kappa shape index (κ1) is 18.3. The lowest BCUT2D eigenvalue weighted by Crippen LogP contribution is -2.33. The minimum Gasteiger partial charge on any atom is -0.464 e. The van der Waals surface area contributed by atoms with Crippen molar-refractivity contribution in [2.75, 3.05) is 0 Å². The molecule has 2 aliphatic rings. The normalized spacial score (nSPS) is 20.3. The number of fused-ring (bicyclic) bond motifs is 3. The Kier molecular flexibility index (Phi) is 4.39. The van der Waals surface area contributed by atoms with E-state index in [0.29, 0.717) is 10.9 Å². The molecule has 0 radical (unpaired) electrons. The van der Waals surface area contributed by atoms with E-state index in [4.69, 9.17) is 25.9 Å². The fraction of sp³-hybridized carbons (Fsp3) is 0.292. The van der Waals surface area contributed by atoms with Gasteiger partial charge in [0.25, 0.3) is 0 Å². The SMILES string of the molecule is Cc1ccc(C2=NN3C(C2)c2cc(Cl)ccc2OC3c2ccc(C(C)C)cc2)o1. The molecular weight excluding hydrogens is 384 g/mol. The highest BCUT2D eigenvalue weighted by Crippen LogP contribution is 2.48. The summed E-state index contributed by atoms with van der Waals surface area (Å²) in [6.07, 6.45) is 0.466. The maximum atomic E-state index is 6.41. The molecule has 5 rings (SSSR count). The van der Waals surface area contributed by atoms with Crippen LogP contribution in [0.1, 0.15) is 66.7 Å². The van der Waals surface area contributed by atoms with Gasteiger partial charge >= 0.3 is 0 Å². The van der Waals surface area contributed by atoms with Crippen molar-refractivity contribution in [3.8, 4) is 5.75 Å². The van der Waals surface area contributed by atoms with E-state index in [1.807, 2.05) is 37.3 Å². The van der Waals surface area contributed by atoms with Crippen LogP contribution in [0.25, 0.3) is 0 Å². The van der Waals surface area contributed by atoms with Crippen LogP contribution in [-0.2, 0) is 0 Å². The Labute approximate surface area is 175 Å². The van der Waals surface area contributed by atoms with Crippen LogP contribution >= 0.6 is 11.6 Å². The van der Waals surface area contributed by atoms with Gasteiger partial charge in [-0.3, -0.25) is 0 Å². The highest BCUT2D eigenvalue weighted by molar-refractivity contribution is 6.30. The summed E-state index contributed by atoms with van der Waals surface area (Å²) in [4.78, 5) is 0. The smallest absolute Gasteiger partial charge is 0.213 e. The number of nitrogens with zero attached hydrogens (tertiary/aromatic N) is 2. The third-order valence-electron chi connectivity index (χ3n) is 5.66. The van der Waals surface area contributed by atoms with Gasteiger partial charge in [0.05, 0.1) is 6.04 Å². The number of rotatable bonds is 3. The summed E-state index contributed by atoms with van der Waals surface area (Å²) in [7, 11) is 0. The Balaban J connectivity index is 1.57. The van der Waals surface area contributed by atoms with Gasteiger partial charge in [-0.2, -0.15) is 5.10 Å². The predicted octanol–water partition coefficient (Wildman–Crippen LogP) is 6.61. The molecule has 0 amide bonds. The van der Waals surface area contributed by atoms with Crippen molar-refractivity contribution >= 4 is 17.3 Å². The predicted molar refractivity (Wildman–Crippen MR) is 115 cm³/mol. The Hall–Kier alpha value is -2.72. The third kappa shape index (κ3) is 3.22. The molecular formula is C24H23ClN2O2. The fourth-order valence-electron chi connectivity index (χ4n) is 4.06. The molecule has 0 aliphatic carbocycles. The number of aryl methyl sites for hydroxylation is 1. The average molecular weight is 407 g/mol. The Morgan fingerprint density at radius 1 is 1.07 bits per heavy atom. The number of benzene rings is 2. The minimum atomic E-state index is -0.288. The van der Waals surface area contributed by atoms with Gasteiger partial charge in [-0.05, 0) is 48.7 Å². The van der Waals surface area contributed by atoms with Crippen molar-refractivity contribution in [2.45, 2.75) is 45.4 Å². The van der Waals surface area contributed by atoms with Crippen molar-refractivity contribution < 1.29 is 9.15 Å². The van der Waals surface area contributed by atoms with Crippen molar-refractivity contribution in [2.24, 2.45) is 5.10 Å². The van der Waals surface area contributed by atoms with Gasteiger partial charge in [-0.1, -0.05) is 49.7 Å². The van der Waals surface area contributed by atoms with E-state index in [0.717, 1.165) is 40.5 Å². The van der Waals surface area contributed by atoms with Gasteiger partial charge in [0.15, 0.2) is 0 Å². The molecule has 0 bridgehead atoms. The van der Waals surface area contributed by atoms with Crippen molar-refractivity contribution in [3.05, 3.63) is 87.8 Å². The molecule has 0 N–H and O–H groups in total. The van der Waals surface area contributed by atoms with Gasteiger partial charge < -0.3 is 9.15 Å². The van der Waals surface area contributed by atoms with Gasteiger partial charge in [-0.25, -0.2) is 5.01 Å². The molecule has 1 aromatic heterocycles. The molecule has 29 heavy (non-hydrogen) atoms. The molecule has 3 aromatic rings. The Morgan fingerprint density at radius 2 is 1.86 bits per heavy atom. The zero-order valence-corrected chi connectivity index (χ0v) is 17.5. The van der Waals surface area contributed by atoms with Crippen LogP contribution in [0.15, 0.2) is 64.1 Å². The maximum absolute atomic E-state index is 6.41. The molecule has 148 valence electrons. The van der Waals surface area contributed by atoms with Crippen LogP contribution < -0.4 is 4.74 Å². The van der Waals surface area contributed by atoms with Gasteiger partial charge in [0.2, 0.25) is 6.23 Å². The van der Waals surface area contributed by atoms with Crippen LogP contribution in [0.4, 0.5) is 0 Å². The molecule has 3 heterocycles. The zero-order valence-electron chi connectivity index (χ0n) is 16.7. The molecule has 2 atom stereocenters. The van der Waals surface area contributed by atoms with Crippen LogP contribution in [0.5, 0.6) is 5.75 Å². The van der Waals surface area contributed by atoms with Crippen LogP contribution in [0.3, 0.4) is 0 Å². The highest BCUT2D eigenvalue weighted by atomic mass is 35.5. The molecule has 4 nitrogen and oxygen atoms in total. The van der Waals surface area contributed by atoms with Crippen molar-refractivity contribution in [1.82, 2.24) is 5.01 Å². The Morgan fingerprint density at radius 3 is 2.55 bits per heavy atom. The van der Waals surface area contributed by atoms with E-state index >= 15 is 0 Å². The van der Waals surface area contributed by atoms with E-state index in [2.05, 4.69) is 43.1 Å². The number of furan rings is 1. The number of ether oxygens (including phenoxy) is 1. The molecule has 2 aromatic carbocycles. The summed E-state index contributed by atoms with van der Waals surface area (Å²) < 4.78 is 12.3. The monoisotopic (exact) mass is 406 g/mol. The van der Waals surface area contributed by atoms with E-state index < -0.39 is 0 Å². The summed E-state index contributed by atoms with van der Waals surface area (Å²) in [5.41, 5.74) is 4.39. The summed E-state index contributed by atoms with van der Waals surface area (Å²) in [5, 5.41) is 7.68. The number of hydrogen-bond donors (Lipinski definition) is 0. The largest absolute Gasteiger partial charge is 0.464 e. The summed E-state index contributed by atoms with van der Waals surface area (Å²) in [6.45, 7) is 6.35. The second-order valence-electron chi connectivity index (χ2n) is 8.03. The van der Waals surface area contributed by atoms with Gasteiger partial charge in [-0.15, -0.1) is 0 Å². The maximum Gasteiger partial charge on any atom is 0.213 e. The second-order valence-corrected chi connectivity index (χ2v) is 8.47. The molecule has 0 saturated heterocycles. The molecule has 0 spiro atoms. The minimum absolute atomic E-state index is 0.0626. The van der Waals surface area contributed by atoms with E-state index in [9.17, 15) is 0 Å².